The van der Waals surface area contributed by atoms with Gasteiger partial charge in [-0.2, -0.15) is 0 Å². The van der Waals surface area contributed by atoms with Crippen LogP contribution in [0.3, 0.4) is 0 Å². The van der Waals surface area contributed by atoms with Crippen molar-refractivity contribution in [1.29, 1.82) is 0 Å². The fourth-order valence-corrected chi connectivity index (χ4v) is 7.19. The van der Waals surface area contributed by atoms with E-state index in [-0.39, 0.29) is 29.5 Å². The molecule has 8 nitrogen and oxygen atoms in total. The summed E-state index contributed by atoms with van der Waals surface area (Å²) in [5, 5.41) is 14.2. The summed E-state index contributed by atoms with van der Waals surface area (Å²) in [5.74, 6) is 0.120. The largest absolute Gasteiger partial charge is 0.365 e. The van der Waals surface area contributed by atoms with E-state index in [0.29, 0.717) is 44.3 Å². The zero-order valence-corrected chi connectivity index (χ0v) is 20.5. The molecule has 2 unspecified atom stereocenters. The zero-order chi connectivity index (χ0) is 23.7. The van der Waals surface area contributed by atoms with Crippen molar-refractivity contribution < 1.29 is 14.5 Å². The highest BCUT2D eigenvalue weighted by Crippen LogP contribution is 2.42. The first-order valence-electron chi connectivity index (χ1n) is 12.8. The quantitative estimate of drug-likeness (QED) is 0.464. The lowest BCUT2D eigenvalue weighted by Crippen LogP contribution is -2.58. The SMILES string of the molecule is O=C(c1cccs1)N1CCN(C2=C([N+](=O)[O-])C(=O)N(CC3CCCCC3)C3CCCCC23)CC1. The van der Waals surface area contributed by atoms with Gasteiger partial charge in [0.05, 0.1) is 9.80 Å². The minimum atomic E-state index is -0.431. The van der Waals surface area contributed by atoms with E-state index in [2.05, 4.69) is 4.90 Å². The number of thiophene rings is 1. The van der Waals surface area contributed by atoms with E-state index in [1.54, 1.807) is 0 Å². The van der Waals surface area contributed by atoms with Gasteiger partial charge in [0.25, 0.3) is 5.91 Å². The minimum Gasteiger partial charge on any atom is -0.365 e. The number of hydrogen-bond acceptors (Lipinski definition) is 6. The summed E-state index contributed by atoms with van der Waals surface area (Å²) in [6.07, 6.45) is 9.79. The Kier molecular flexibility index (Phi) is 6.90. The summed E-state index contributed by atoms with van der Waals surface area (Å²) in [5.41, 5.74) is 0.430. The van der Waals surface area contributed by atoms with Gasteiger partial charge in [-0.25, -0.2) is 0 Å². The predicted octanol–water partition coefficient (Wildman–Crippen LogP) is 3.98. The summed E-state index contributed by atoms with van der Waals surface area (Å²) >= 11 is 1.43. The second-order valence-corrected chi connectivity index (χ2v) is 11.1. The Hall–Kier alpha value is -2.42. The Balaban J connectivity index is 1.39. The molecule has 0 spiro atoms. The van der Waals surface area contributed by atoms with E-state index in [1.165, 1.54) is 30.6 Å². The Morgan fingerprint density at radius 3 is 2.41 bits per heavy atom. The fraction of sp³-hybridized carbons (Fsp3) is 0.680. The van der Waals surface area contributed by atoms with Crippen LogP contribution in [0.4, 0.5) is 0 Å². The first-order valence-corrected chi connectivity index (χ1v) is 13.7. The molecule has 2 aliphatic carbocycles. The van der Waals surface area contributed by atoms with E-state index in [0.717, 1.165) is 43.4 Å². The van der Waals surface area contributed by atoms with E-state index in [9.17, 15) is 19.7 Å². The Bertz CT molecular complexity index is 948. The zero-order valence-electron chi connectivity index (χ0n) is 19.7. The molecule has 0 bridgehead atoms. The van der Waals surface area contributed by atoms with Gasteiger partial charge in [-0.1, -0.05) is 38.2 Å². The van der Waals surface area contributed by atoms with Gasteiger partial charge in [-0.3, -0.25) is 19.7 Å². The molecule has 3 fully saturated rings. The standard InChI is InChI=1S/C25H34N4O4S/c30-24(21-11-6-16-34-21)27-14-12-26(13-15-27)22-19-9-4-5-10-20(19)28(25(31)23(22)29(32)33)17-18-7-2-1-3-8-18/h6,11,16,18-20H,1-5,7-10,12-15,17H2. The third kappa shape index (κ3) is 4.46. The van der Waals surface area contributed by atoms with Crippen molar-refractivity contribution in [2.45, 2.75) is 63.8 Å². The van der Waals surface area contributed by atoms with E-state index in [1.807, 2.05) is 27.3 Å². The molecule has 0 N–H and O–H groups in total. The third-order valence-electron chi connectivity index (χ3n) is 8.19. The van der Waals surface area contributed by atoms with Crippen molar-refractivity contribution in [2.24, 2.45) is 11.8 Å². The van der Waals surface area contributed by atoms with Crippen LogP contribution in [0.1, 0.15) is 67.5 Å². The maximum absolute atomic E-state index is 13.6. The van der Waals surface area contributed by atoms with Crippen LogP contribution in [0.2, 0.25) is 0 Å². The molecule has 34 heavy (non-hydrogen) atoms. The number of hydrogen-bond donors (Lipinski definition) is 0. The molecule has 184 valence electrons. The highest BCUT2D eigenvalue weighted by Gasteiger charge is 2.50. The number of nitrogens with zero attached hydrogens (tertiary/aromatic N) is 4. The third-order valence-corrected chi connectivity index (χ3v) is 9.05. The average Bonchev–Trinajstić information content (AvgIpc) is 3.40. The molecule has 1 aromatic rings. The molecule has 2 saturated carbocycles. The molecule has 2 aliphatic heterocycles. The molecule has 1 aromatic heterocycles. The lowest BCUT2D eigenvalue weighted by molar-refractivity contribution is -0.424. The Labute approximate surface area is 204 Å². The van der Waals surface area contributed by atoms with Crippen LogP contribution in [0.25, 0.3) is 0 Å². The van der Waals surface area contributed by atoms with Crippen LogP contribution in [-0.4, -0.2) is 70.2 Å². The number of piperazine rings is 1. The first-order chi connectivity index (χ1) is 16.5. The number of nitro groups is 1. The van der Waals surface area contributed by atoms with Crippen molar-refractivity contribution in [3.63, 3.8) is 0 Å². The summed E-state index contributed by atoms with van der Waals surface area (Å²) < 4.78 is 0. The highest BCUT2D eigenvalue weighted by molar-refractivity contribution is 7.12. The van der Waals surface area contributed by atoms with Gasteiger partial charge in [-0.05, 0) is 43.0 Å². The van der Waals surface area contributed by atoms with Gasteiger partial charge in [0, 0.05) is 44.7 Å². The van der Waals surface area contributed by atoms with Gasteiger partial charge >= 0.3 is 11.6 Å². The van der Waals surface area contributed by atoms with Crippen molar-refractivity contribution in [3.8, 4) is 0 Å². The molecule has 3 heterocycles. The second-order valence-electron chi connectivity index (χ2n) is 10.2. The maximum atomic E-state index is 13.6. The molecular weight excluding hydrogens is 452 g/mol. The first kappa shape index (κ1) is 23.3. The second kappa shape index (κ2) is 10.1. The summed E-state index contributed by atoms with van der Waals surface area (Å²) in [7, 11) is 0. The molecule has 1 saturated heterocycles. The predicted molar refractivity (Wildman–Crippen MR) is 130 cm³/mol. The number of amides is 2. The number of carbonyl (C=O) groups excluding carboxylic acids is 2. The van der Waals surface area contributed by atoms with Gasteiger partial charge in [0.2, 0.25) is 0 Å². The summed E-state index contributed by atoms with van der Waals surface area (Å²) in [6.45, 7) is 2.75. The molecule has 2 amide bonds. The Morgan fingerprint density at radius 1 is 1.03 bits per heavy atom. The normalized spacial score (nSPS) is 26.6. The van der Waals surface area contributed by atoms with Crippen LogP contribution in [0.15, 0.2) is 28.9 Å². The van der Waals surface area contributed by atoms with Crippen LogP contribution >= 0.6 is 11.3 Å². The summed E-state index contributed by atoms with van der Waals surface area (Å²) in [4.78, 5) is 44.7. The number of fused-ring (bicyclic) bond motifs is 1. The van der Waals surface area contributed by atoms with E-state index >= 15 is 0 Å². The topological polar surface area (TPSA) is 87.0 Å². The van der Waals surface area contributed by atoms with Gasteiger partial charge in [0.15, 0.2) is 0 Å². The highest BCUT2D eigenvalue weighted by atomic mass is 32.1. The van der Waals surface area contributed by atoms with Crippen molar-refractivity contribution in [1.82, 2.24) is 14.7 Å². The van der Waals surface area contributed by atoms with Crippen LogP contribution < -0.4 is 0 Å². The van der Waals surface area contributed by atoms with Crippen LogP contribution in [0, 0.1) is 22.0 Å². The maximum Gasteiger partial charge on any atom is 0.352 e. The monoisotopic (exact) mass is 486 g/mol. The molecule has 5 rings (SSSR count). The lowest BCUT2D eigenvalue weighted by atomic mass is 9.77. The number of carbonyl (C=O) groups is 2. The smallest absolute Gasteiger partial charge is 0.352 e. The van der Waals surface area contributed by atoms with Gasteiger partial charge < -0.3 is 14.7 Å². The molecule has 9 heteroatoms. The fourth-order valence-electron chi connectivity index (χ4n) is 6.50. The van der Waals surface area contributed by atoms with Gasteiger partial charge in [-0.15, -0.1) is 11.3 Å². The van der Waals surface area contributed by atoms with Crippen molar-refractivity contribution >= 4 is 23.2 Å². The Morgan fingerprint density at radius 2 is 1.74 bits per heavy atom. The van der Waals surface area contributed by atoms with Gasteiger partial charge in [0.1, 0.15) is 5.70 Å². The molecule has 2 atom stereocenters. The van der Waals surface area contributed by atoms with Crippen molar-refractivity contribution in [3.05, 3.63) is 43.9 Å². The van der Waals surface area contributed by atoms with Crippen LogP contribution in [-0.2, 0) is 4.79 Å². The van der Waals surface area contributed by atoms with E-state index < -0.39 is 4.92 Å². The van der Waals surface area contributed by atoms with Crippen molar-refractivity contribution in [2.75, 3.05) is 32.7 Å². The molecule has 0 radical (unpaired) electrons. The molecular formula is C25H34N4O4S. The van der Waals surface area contributed by atoms with E-state index in [4.69, 9.17) is 0 Å². The minimum absolute atomic E-state index is 0.0204. The molecule has 0 aromatic carbocycles. The lowest BCUT2D eigenvalue weighted by Gasteiger charge is -2.48. The number of rotatable bonds is 5. The van der Waals surface area contributed by atoms with Crippen LogP contribution in [0.5, 0.6) is 0 Å². The molecule has 4 aliphatic rings. The summed E-state index contributed by atoms with van der Waals surface area (Å²) in [6, 6.07) is 3.77. The average molecular weight is 487 g/mol.